The topological polar surface area (TPSA) is 100 Å². The first-order valence-corrected chi connectivity index (χ1v) is 8.35. The third-order valence-electron chi connectivity index (χ3n) is 2.59. The summed E-state index contributed by atoms with van der Waals surface area (Å²) in [6, 6.07) is 0. The molecule has 7 nitrogen and oxygen atoms in total. The summed E-state index contributed by atoms with van der Waals surface area (Å²) >= 11 is 7.56. The van der Waals surface area contributed by atoms with Crippen LogP contribution in [-0.2, 0) is 21.3 Å². The minimum Gasteiger partial charge on any atom is -0.383 e. The van der Waals surface area contributed by atoms with Gasteiger partial charge < -0.3 is 4.74 Å². The summed E-state index contributed by atoms with van der Waals surface area (Å²) in [6.45, 7) is 2.42. The Balaban J connectivity index is 2.59. The maximum absolute atomic E-state index is 11.5. The Bertz CT molecular complexity index is 723. The average Bonchev–Trinajstić information content (AvgIpc) is 2.91. The molecule has 0 saturated carbocycles. The van der Waals surface area contributed by atoms with Crippen molar-refractivity contribution in [1.82, 2.24) is 14.8 Å². The summed E-state index contributed by atoms with van der Waals surface area (Å²) in [4.78, 5) is 0.655. The van der Waals surface area contributed by atoms with Gasteiger partial charge in [-0.05, 0) is 17.9 Å². The van der Waals surface area contributed by atoms with Crippen molar-refractivity contribution in [3.8, 4) is 10.7 Å². The number of rotatable bonds is 5. The third kappa shape index (κ3) is 2.86. The molecule has 0 saturated heterocycles. The zero-order valence-electron chi connectivity index (χ0n) is 10.8. The van der Waals surface area contributed by atoms with E-state index in [-0.39, 0.29) is 11.7 Å². The summed E-state index contributed by atoms with van der Waals surface area (Å²) in [5.74, 6) is 0.370. The van der Waals surface area contributed by atoms with E-state index in [1.54, 1.807) is 0 Å². The first-order chi connectivity index (χ1) is 9.36. The van der Waals surface area contributed by atoms with Gasteiger partial charge in [0.1, 0.15) is 0 Å². The smallest absolute Gasteiger partial charge is 0.273 e. The third-order valence-corrected chi connectivity index (χ3v) is 5.10. The lowest BCUT2D eigenvalue weighted by Crippen LogP contribution is -2.20. The van der Waals surface area contributed by atoms with E-state index in [1.165, 1.54) is 23.0 Å². The molecule has 2 rings (SSSR count). The van der Waals surface area contributed by atoms with Crippen LogP contribution in [0.3, 0.4) is 0 Å². The van der Waals surface area contributed by atoms with Gasteiger partial charge in [-0.15, -0.1) is 21.5 Å². The van der Waals surface area contributed by atoms with Gasteiger partial charge >= 0.3 is 0 Å². The molecule has 0 bridgehead atoms. The molecule has 110 valence electrons. The van der Waals surface area contributed by atoms with Gasteiger partial charge in [0.2, 0.25) is 0 Å². The minimum atomic E-state index is -3.96. The molecule has 2 N–H and O–H groups in total. The molecule has 0 unspecified atom stereocenters. The lowest BCUT2D eigenvalue weighted by Gasteiger charge is -2.07. The van der Waals surface area contributed by atoms with E-state index < -0.39 is 10.0 Å². The molecule has 20 heavy (non-hydrogen) atoms. The number of nitrogens with two attached hydrogens (primary N) is 1. The molecule has 0 aliphatic rings. The van der Waals surface area contributed by atoms with E-state index in [2.05, 4.69) is 10.2 Å². The van der Waals surface area contributed by atoms with Crippen LogP contribution in [0.15, 0.2) is 10.5 Å². The van der Waals surface area contributed by atoms with Crippen LogP contribution in [0.25, 0.3) is 10.7 Å². The van der Waals surface area contributed by atoms with Crippen LogP contribution in [-0.4, -0.2) is 36.9 Å². The molecule has 2 aromatic heterocycles. The average molecular weight is 337 g/mol. The highest BCUT2D eigenvalue weighted by atomic mass is 35.5. The molecule has 0 atom stereocenters. The van der Waals surface area contributed by atoms with E-state index in [1.807, 2.05) is 12.3 Å². The monoisotopic (exact) mass is 336 g/mol. The van der Waals surface area contributed by atoms with Crippen molar-refractivity contribution in [2.45, 2.75) is 18.6 Å². The number of methoxy groups -OCH3 is 1. The largest absolute Gasteiger partial charge is 0.383 e. The first kappa shape index (κ1) is 15.4. The van der Waals surface area contributed by atoms with Gasteiger partial charge in [-0.3, -0.25) is 4.57 Å². The zero-order valence-corrected chi connectivity index (χ0v) is 13.2. The van der Waals surface area contributed by atoms with Crippen molar-refractivity contribution in [1.29, 1.82) is 0 Å². The van der Waals surface area contributed by atoms with E-state index in [0.29, 0.717) is 22.3 Å². The Labute approximate surface area is 125 Å². The van der Waals surface area contributed by atoms with Crippen LogP contribution in [0.5, 0.6) is 0 Å². The number of ether oxygens (including phenoxy) is 1. The second-order valence-electron chi connectivity index (χ2n) is 4.06. The number of thiophene rings is 1. The molecular formula is C10H13ClN4O3S2. The maximum atomic E-state index is 11.5. The van der Waals surface area contributed by atoms with Gasteiger partial charge in [0.15, 0.2) is 5.82 Å². The van der Waals surface area contributed by atoms with Gasteiger partial charge in [0, 0.05) is 7.11 Å². The van der Waals surface area contributed by atoms with Crippen LogP contribution in [0.4, 0.5) is 0 Å². The predicted molar refractivity (Wildman–Crippen MR) is 76.3 cm³/mol. The Morgan fingerprint density at radius 1 is 1.50 bits per heavy atom. The van der Waals surface area contributed by atoms with Crippen LogP contribution in [0.2, 0.25) is 5.02 Å². The molecule has 10 heteroatoms. The highest BCUT2D eigenvalue weighted by Gasteiger charge is 2.24. The van der Waals surface area contributed by atoms with Gasteiger partial charge in [-0.25, -0.2) is 13.6 Å². The number of hydrogen-bond acceptors (Lipinski definition) is 6. The zero-order chi connectivity index (χ0) is 14.9. The van der Waals surface area contributed by atoms with Crippen LogP contribution in [0.1, 0.15) is 5.56 Å². The fraction of sp³-hybridized carbons (Fsp3) is 0.400. The van der Waals surface area contributed by atoms with Crippen LogP contribution in [0, 0.1) is 6.92 Å². The maximum Gasteiger partial charge on any atom is 0.273 e. The summed E-state index contributed by atoms with van der Waals surface area (Å²) in [6.07, 6.45) is 0. The molecule has 0 amide bonds. The minimum absolute atomic E-state index is 0.262. The molecule has 0 spiro atoms. The lowest BCUT2D eigenvalue weighted by molar-refractivity contribution is 0.185. The molecule has 0 aliphatic heterocycles. The van der Waals surface area contributed by atoms with E-state index in [4.69, 9.17) is 21.5 Å². The van der Waals surface area contributed by atoms with Gasteiger partial charge in [-0.2, -0.15) is 0 Å². The van der Waals surface area contributed by atoms with Gasteiger partial charge in [-0.1, -0.05) is 11.6 Å². The second kappa shape index (κ2) is 5.78. The summed E-state index contributed by atoms with van der Waals surface area (Å²) in [5.41, 5.74) is 0.894. The molecule has 2 heterocycles. The fourth-order valence-corrected chi connectivity index (χ4v) is 3.54. The molecule has 0 radical (unpaired) electrons. The first-order valence-electron chi connectivity index (χ1n) is 5.55. The fourth-order valence-electron chi connectivity index (χ4n) is 1.63. The SMILES string of the molecule is COCCn1c(-c2scc(C)c2Cl)nnc1S(N)(=O)=O. The van der Waals surface area contributed by atoms with E-state index >= 15 is 0 Å². The number of aryl methyl sites for hydroxylation is 1. The Hall–Kier alpha value is -1.00. The standard InChI is InChI=1S/C10H13ClN4O3S2/c1-6-5-19-8(7(6)11)9-13-14-10(20(12,16)17)15(9)3-4-18-2/h5H,3-4H2,1-2H3,(H2,12,16,17). The highest BCUT2D eigenvalue weighted by Crippen LogP contribution is 2.35. The van der Waals surface area contributed by atoms with Crippen molar-refractivity contribution < 1.29 is 13.2 Å². The van der Waals surface area contributed by atoms with Crippen molar-refractivity contribution in [2.75, 3.05) is 13.7 Å². The van der Waals surface area contributed by atoms with Crippen LogP contribution >= 0.6 is 22.9 Å². The van der Waals surface area contributed by atoms with E-state index in [9.17, 15) is 8.42 Å². The number of halogens is 1. The molecule has 2 aromatic rings. The number of aromatic nitrogens is 3. The van der Waals surface area contributed by atoms with Crippen molar-refractivity contribution in [3.05, 3.63) is 16.0 Å². The Morgan fingerprint density at radius 3 is 2.70 bits per heavy atom. The molecule has 0 aromatic carbocycles. The normalized spacial score (nSPS) is 12.0. The van der Waals surface area contributed by atoms with Crippen molar-refractivity contribution in [2.24, 2.45) is 5.14 Å². The number of sulfonamides is 1. The quantitative estimate of drug-likeness (QED) is 0.886. The van der Waals surface area contributed by atoms with E-state index in [0.717, 1.165) is 5.56 Å². The molecule has 0 aliphatic carbocycles. The summed E-state index contributed by atoms with van der Waals surface area (Å²) < 4.78 is 29.4. The highest BCUT2D eigenvalue weighted by molar-refractivity contribution is 7.89. The summed E-state index contributed by atoms with van der Waals surface area (Å²) in [5, 5.41) is 14.8. The number of primary sulfonamides is 1. The van der Waals surface area contributed by atoms with Gasteiger partial charge in [0.25, 0.3) is 15.2 Å². The lowest BCUT2D eigenvalue weighted by atomic mass is 10.3. The summed E-state index contributed by atoms with van der Waals surface area (Å²) in [7, 11) is -2.44. The Kier molecular flexibility index (Phi) is 4.45. The van der Waals surface area contributed by atoms with Crippen molar-refractivity contribution in [3.63, 3.8) is 0 Å². The molecular weight excluding hydrogens is 324 g/mol. The van der Waals surface area contributed by atoms with Gasteiger partial charge in [0.05, 0.1) is 23.1 Å². The second-order valence-corrected chi connectivity index (χ2v) is 6.77. The predicted octanol–water partition coefficient (Wildman–Crippen LogP) is 1.26. The molecule has 0 fully saturated rings. The van der Waals surface area contributed by atoms with Crippen LogP contribution < -0.4 is 5.14 Å². The number of hydrogen-bond donors (Lipinski definition) is 1. The number of nitrogens with zero attached hydrogens (tertiary/aromatic N) is 3. The Morgan fingerprint density at radius 2 is 2.20 bits per heavy atom. The van der Waals surface area contributed by atoms with Crippen molar-refractivity contribution >= 4 is 33.0 Å².